The molecule has 0 saturated carbocycles. The number of nitrogens with zero attached hydrogens (tertiary/aromatic N) is 1. The minimum atomic E-state index is -3.16. The highest BCUT2D eigenvalue weighted by atomic mass is 32.2. The van der Waals surface area contributed by atoms with Crippen LogP contribution in [0.15, 0.2) is 24.5 Å². The number of imidazole rings is 1. The molecule has 1 aromatic carbocycles. The third kappa shape index (κ3) is 3.30. The fourth-order valence-corrected chi connectivity index (χ4v) is 2.89. The molecule has 18 heavy (non-hydrogen) atoms. The molecule has 1 aromatic heterocycles. The lowest BCUT2D eigenvalue weighted by Crippen LogP contribution is -2.25. The van der Waals surface area contributed by atoms with Crippen LogP contribution in [0.3, 0.4) is 0 Å². The zero-order chi connectivity index (χ0) is 13.0. The van der Waals surface area contributed by atoms with Crippen LogP contribution < -0.4 is 4.72 Å². The van der Waals surface area contributed by atoms with Gasteiger partial charge in [0.25, 0.3) is 0 Å². The normalized spacial score (nSPS) is 12.1. The Morgan fingerprint density at radius 1 is 1.39 bits per heavy atom. The fourth-order valence-electron chi connectivity index (χ4n) is 1.69. The number of aromatic amines is 1. The highest BCUT2D eigenvalue weighted by Crippen LogP contribution is 2.11. The molecule has 98 valence electrons. The quantitative estimate of drug-likeness (QED) is 0.837. The van der Waals surface area contributed by atoms with Gasteiger partial charge in [0.2, 0.25) is 10.0 Å². The molecule has 5 nitrogen and oxygen atoms in total. The molecule has 6 heteroatoms. The molecule has 0 spiro atoms. The van der Waals surface area contributed by atoms with Crippen LogP contribution >= 0.6 is 0 Å². The minimum absolute atomic E-state index is 0.190. The maximum atomic E-state index is 11.6. The molecule has 0 amide bonds. The van der Waals surface area contributed by atoms with Gasteiger partial charge in [0.1, 0.15) is 0 Å². The summed E-state index contributed by atoms with van der Waals surface area (Å²) in [5.74, 6) is 0.190. The fraction of sp³-hybridized carbons (Fsp3) is 0.417. The number of H-pyrrole nitrogens is 1. The van der Waals surface area contributed by atoms with Crippen LogP contribution in [-0.2, 0) is 16.6 Å². The van der Waals surface area contributed by atoms with Crippen LogP contribution in [0.4, 0.5) is 0 Å². The summed E-state index contributed by atoms with van der Waals surface area (Å²) in [4.78, 5) is 7.12. The van der Waals surface area contributed by atoms with Gasteiger partial charge in [0, 0.05) is 6.54 Å². The summed E-state index contributed by atoms with van der Waals surface area (Å²) in [6.07, 6.45) is 3.19. The number of aromatic nitrogens is 2. The Morgan fingerprint density at radius 2 is 2.22 bits per heavy atom. The molecule has 2 N–H and O–H groups in total. The van der Waals surface area contributed by atoms with E-state index in [0.717, 1.165) is 23.0 Å². The van der Waals surface area contributed by atoms with Crippen molar-refractivity contribution in [3.05, 3.63) is 30.1 Å². The molecule has 0 bridgehead atoms. The van der Waals surface area contributed by atoms with Crippen molar-refractivity contribution in [1.82, 2.24) is 14.7 Å². The number of sulfonamides is 1. The lowest BCUT2D eigenvalue weighted by atomic mass is 10.2. The molecule has 0 aliphatic carbocycles. The van der Waals surface area contributed by atoms with Crippen LogP contribution in [-0.4, -0.2) is 24.1 Å². The number of rotatable bonds is 6. The Hall–Kier alpha value is -1.40. The van der Waals surface area contributed by atoms with E-state index < -0.39 is 10.0 Å². The third-order valence-corrected chi connectivity index (χ3v) is 4.16. The standard InChI is InChI=1S/C12H17N3O2S/c1-2-3-6-18(16,17)15-8-10-4-5-11-12(7-10)14-9-13-11/h4-5,7,9,15H,2-3,6,8H2,1H3,(H,13,14). The van der Waals surface area contributed by atoms with E-state index in [1.807, 2.05) is 25.1 Å². The first-order chi connectivity index (χ1) is 8.61. The highest BCUT2D eigenvalue weighted by Gasteiger charge is 2.09. The highest BCUT2D eigenvalue weighted by molar-refractivity contribution is 7.89. The van der Waals surface area contributed by atoms with Gasteiger partial charge in [-0.05, 0) is 24.1 Å². The van der Waals surface area contributed by atoms with Crippen molar-refractivity contribution < 1.29 is 8.42 Å². The van der Waals surface area contributed by atoms with E-state index in [9.17, 15) is 8.42 Å². The average Bonchev–Trinajstić information content (AvgIpc) is 2.81. The second kappa shape index (κ2) is 5.49. The topological polar surface area (TPSA) is 74.8 Å². The van der Waals surface area contributed by atoms with E-state index in [0.29, 0.717) is 13.0 Å². The summed E-state index contributed by atoms with van der Waals surface area (Å²) in [6, 6.07) is 5.66. The van der Waals surface area contributed by atoms with Gasteiger partial charge >= 0.3 is 0 Å². The predicted octanol–water partition coefficient (Wildman–Crippen LogP) is 1.78. The van der Waals surface area contributed by atoms with Crippen LogP contribution in [0.5, 0.6) is 0 Å². The summed E-state index contributed by atoms with van der Waals surface area (Å²) in [7, 11) is -3.16. The van der Waals surface area contributed by atoms with Gasteiger partial charge in [-0.25, -0.2) is 18.1 Å². The lowest BCUT2D eigenvalue weighted by Gasteiger charge is -2.06. The summed E-state index contributed by atoms with van der Waals surface area (Å²) < 4.78 is 25.9. The van der Waals surface area contributed by atoms with Gasteiger partial charge in [0.05, 0.1) is 23.1 Å². The SMILES string of the molecule is CCCCS(=O)(=O)NCc1ccc2nc[nH]c2c1. The molecule has 0 fully saturated rings. The second-order valence-corrected chi connectivity index (χ2v) is 6.17. The Morgan fingerprint density at radius 3 is 3.00 bits per heavy atom. The van der Waals surface area contributed by atoms with Crippen molar-refractivity contribution in [2.24, 2.45) is 0 Å². The largest absolute Gasteiger partial charge is 0.345 e. The lowest BCUT2D eigenvalue weighted by molar-refractivity contribution is 0.578. The van der Waals surface area contributed by atoms with Crippen LogP contribution in [0.25, 0.3) is 11.0 Å². The van der Waals surface area contributed by atoms with Crippen LogP contribution in [0.1, 0.15) is 25.3 Å². The van der Waals surface area contributed by atoms with Gasteiger partial charge < -0.3 is 4.98 Å². The van der Waals surface area contributed by atoms with Gasteiger partial charge in [-0.3, -0.25) is 0 Å². The summed E-state index contributed by atoms with van der Waals surface area (Å²) >= 11 is 0. The number of fused-ring (bicyclic) bond motifs is 1. The van der Waals surface area contributed by atoms with Gasteiger partial charge in [-0.2, -0.15) is 0 Å². The maximum Gasteiger partial charge on any atom is 0.211 e. The monoisotopic (exact) mass is 267 g/mol. The Labute approximate surface area is 107 Å². The molecule has 2 aromatic rings. The number of hydrogen-bond acceptors (Lipinski definition) is 3. The molecule has 0 saturated heterocycles. The summed E-state index contributed by atoms with van der Waals surface area (Å²) in [5, 5.41) is 0. The molecule has 0 aliphatic rings. The number of hydrogen-bond donors (Lipinski definition) is 2. The zero-order valence-electron chi connectivity index (χ0n) is 10.3. The van der Waals surface area contributed by atoms with E-state index in [-0.39, 0.29) is 5.75 Å². The molecular formula is C12H17N3O2S. The van der Waals surface area contributed by atoms with Gasteiger partial charge in [-0.1, -0.05) is 19.4 Å². The third-order valence-electron chi connectivity index (χ3n) is 2.75. The number of nitrogens with one attached hydrogen (secondary N) is 2. The smallest absolute Gasteiger partial charge is 0.211 e. The maximum absolute atomic E-state index is 11.6. The molecule has 0 atom stereocenters. The van der Waals surface area contributed by atoms with Gasteiger partial charge in [0.15, 0.2) is 0 Å². The average molecular weight is 267 g/mol. The van der Waals surface area contributed by atoms with E-state index in [1.165, 1.54) is 0 Å². The first-order valence-corrected chi connectivity index (χ1v) is 7.65. The molecule has 0 unspecified atom stereocenters. The Bertz CT molecular complexity index is 619. The second-order valence-electron chi connectivity index (χ2n) is 4.25. The van der Waals surface area contributed by atoms with Crippen LogP contribution in [0.2, 0.25) is 0 Å². The van der Waals surface area contributed by atoms with Crippen molar-refractivity contribution in [2.75, 3.05) is 5.75 Å². The molecule has 2 rings (SSSR count). The van der Waals surface area contributed by atoms with Crippen molar-refractivity contribution in [3.8, 4) is 0 Å². The number of unbranched alkanes of at least 4 members (excludes halogenated alkanes) is 1. The van der Waals surface area contributed by atoms with E-state index in [4.69, 9.17) is 0 Å². The Balaban J connectivity index is 2.01. The summed E-state index contributed by atoms with van der Waals surface area (Å²) in [5.41, 5.74) is 2.72. The van der Waals surface area contributed by atoms with E-state index >= 15 is 0 Å². The van der Waals surface area contributed by atoms with Crippen LogP contribution in [0, 0.1) is 0 Å². The van der Waals surface area contributed by atoms with Gasteiger partial charge in [-0.15, -0.1) is 0 Å². The Kier molecular flexibility index (Phi) is 3.98. The molecule has 0 radical (unpaired) electrons. The number of benzene rings is 1. The molecule has 1 heterocycles. The van der Waals surface area contributed by atoms with Crippen molar-refractivity contribution in [1.29, 1.82) is 0 Å². The first kappa shape index (κ1) is 13.0. The predicted molar refractivity (Wildman–Crippen MR) is 71.6 cm³/mol. The summed E-state index contributed by atoms with van der Waals surface area (Å²) in [6.45, 7) is 2.29. The molecule has 0 aliphatic heterocycles. The van der Waals surface area contributed by atoms with Crippen molar-refractivity contribution >= 4 is 21.1 Å². The van der Waals surface area contributed by atoms with E-state index in [2.05, 4.69) is 14.7 Å². The van der Waals surface area contributed by atoms with Crippen molar-refractivity contribution in [2.45, 2.75) is 26.3 Å². The van der Waals surface area contributed by atoms with E-state index in [1.54, 1.807) is 6.33 Å². The first-order valence-electron chi connectivity index (χ1n) is 6.00. The minimum Gasteiger partial charge on any atom is -0.345 e. The zero-order valence-corrected chi connectivity index (χ0v) is 11.1. The van der Waals surface area contributed by atoms with Crippen molar-refractivity contribution in [3.63, 3.8) is 0 Å². The molecular weight excluding hydrogens is 250 g/mol.